The molecule has 2 aliphatic carbocycles. The molecular formula is C37H45ClFN7O5S. The number of hydrogen-bond donors (Lipinski definition) is 2. The van der Waals surface area contributed by atoms with Gasteiger partial charge in [-0.3, -0.25) is 14.2 Å². The minimum atomic E-state index is -1.19. The van der Waals surface area contributed by atoms with Crippen LogP contribution < -0.4 is 14.4 Å². The first-order chi connectivity index (χ1) is 25.0. The second-order valence-electron chi connectivity index (χ2n) is 16.2. The van der Waals surface area contributed by atoms with Crippen LogP contribution in [0.5, 0.6) is 11.9 Å². The van der Waals surface area contributed by atoms with Crippen LogP contribution in [0.4, 0.5) is 10.2 Å². The summed E-state index contributed by atoms with van der Waals surface area (Å²) in [5.74, 6) is 1.56. The molecule has 6 heterocycles. The summed E-state index contributed by atoms with van der Waals surface area (Å²) in [6, 6.07) is 2.76. The molecule has 5 fully saturated rings. The minimum Gasteiger partial charge on any atom is -0.480 e. The molecule has 3 aromatic heterocycles. The van der Waals surface area contributed by atoms with Gasteiger partial charge < -0.3 is 24.2 Å². The quantitative estimate of drug-likeness (QED) is 0.258. The molecular weight excluding hydrogens is 709 g/mol. The number of benzene rings is 1. The topological polar surface area (TPSA) is 139 Å². The summed E-state index contributed by atoms with van der Waals surface area (Å²) in [7, 11) is 0.850. The molecule has 0 radical (unpaired) electrons. The maximum Gasteiger partial charge on any atom is 0.319 e. The predicted molar refractivity (Wildman–Crippen MR) is 197 cm³/mol. The number of piperidine rings is 1. The number of hydrogen-bond acceptors (Lipinski definition) is 11. The van der Waals surface area contributed by atoms with Crippen molar-refractivity contribution in [1.82, 2.24) is 30.0 Å². The highest BCUT2D eigenvalue weighted by Crippen LogP contribution is 2.55. The van der Waals surface area contributed by atoms with Crippen molar-refractivity contribution in [2.75, 3.05) is 63.0 Å². The smallest absolute Gasteiger partial charge is 0.319 e. The average Bonchev–Trinajstić information content (AvgIpc) is 3.70. The molecule has 278 valence electrons. The first-order valence-corrected chi connectivity index (χ1v) is 20.2. The first-order valence-electron chi connectivity index (χ1n) is 18.4. The normalized spacial score (nSPS) is 32.1. The highest BCUT2D eigenvalue weighted by Gasteiger charge is 2.58. The Bertz CT molecular complexity index is 2080. The third-order valence-electron chi connectivity index (χ3n) is 12.4. The molecule has 0 amide bonds. The van der Waals surface area contributed by atoms with Crippen molar-refractivity contribution < 1.29 is 27.9 Å². The number of rotatable bonds is 7. The maximum atomic E-state index is 17.2. The van der Waals surface area contributed by atoms with Crippen molar-refractivity contribution in [3.05, 3.63) is 28.7 Å². The van der Waals surface area contributed by atoms with E-state index in [2.05, 4.69) is 15.1 Å². The van der Waals surface area contributed by atoms with Crippen molar-refractivity contribution in [2.45, 2.75) is 76.5 Å². The molecule has 2 saturated carbocycles. The van der Waals surface area contributed by atoms with E-state index >= 15 is 4.39 Å². The summed E-state index contributed by atoms with van der Waals surface area (Å²) >= 11 is 6.64. The van der Waals surface area contributed by atoms with Crippen LogP contribution in [0.25, 0.3) is 33.1 Å². The Balaban J connectivity index is 1.12. The van der Waals surface area contributed by atoms with E-state index in [4.69, 9.17) is 40.8 Å². The van der Waals surface area contributed by atoms with E-state index in [9.17, 15) is 9.32 Å². The predicted octanol–water partition coefficient (Wildman–Crippen LogP) is 5.19. The molecule has 1 spiro atoms. The second kappa shape index (κ2) is 12.7. The number of aromatic amines is 1. The number of anilines is 1. The zero-order valence-corrected chi connectivity index (χ0v) is 31.4. The van der Waals surface area contributed by atoms with Gasteiger partial charge >= 0.3 is 6.01 Å². The lowest BCUT2D eigenvalue weighted by atomic mass is 9.64. The zero-order valence-electron chi connectivity index (χ0n) is 29.8. The Labute approximate surface area is 309 Å². The Morgan fingerprint density at radius 2 is 2.00 bits per heavy atom. The summed E-state index contributed by atoms with van der Waals surface area (Å²) in [6.07, 6.45) is 9.34. The van der Waals surface area contributed by atoms with E-state index < -0.39 is 22.2 Å². The Hall–Kier alpha value is -3.17. The molecule has 3 unspecified atom stereocenters. The largest absolute Gasteiger partial charge is 0.480 e. The standard InChI is InChI=1S/C37H45ClFN7O5S/c1-21-24(38)12-25-23(15-40-44-25)27(21)30-29(39)31-28(33(41-30)49-3)32(45-10-11-50-17-35(2,47)16-45)43-34(42-31)51-18-37-7-4-6-26(37)46(9-5-8-37)22-13-36(14-22)19-52(48)20-36/h12,15,22,26,47H,4-11,13-14,16-20H2,1-3H3,(H,40,44). The summed E-state index contributed by atoms with van der Waals surface area (Å²) in [4.78, 5) is 19.1. The molecule has 9 rings (SSSR count). The van der Waals surface area contributed by atoms with Gasteiger partial charge in [0.05, 0.1) is 45.2 Å². The van der Waals surface area contributed by atoms with E-state index in [-0.39, 0.29) is 47.1 Å². The highest BCUT2D eigenvalue weighted by molar-refractivity contribution is 7.86. The minimum absolute atomic E-state index is 0.00562. The van der Waals surface area contributed by atoms with Crippen LogP contribution >= 0.6 is 11.6 Å². The van der Waals surface area contributed by atoms with Gasteiger partial charge in [0, 0.05) is 62.3 Å². The number of likely N-dealkylation sites (tertiary alicyclic amines) is 1. The fourth-order valence-corrected chi connectivity index (χ4v) is 12.0. The van der Waals surface area contributed by atoms with Gasteiger partial charge in [-0.2, -0.15) is 15.1 Å². The Morgan fingerprint density at radius 3 is 2.79 bits per heavy atom. The molecule has 3 aliphatic heterocycles. The molecule has 15 heteroatoms. The number of ether oxygens (including phenoxy) is 3. The molecule has 5 aliphatic rings. The molecule has 3 saturated heterocycles. The van der Waals surface area contributed by atoms with Gasteiger partial charge in [-0.1, -0.05) is 18.0 Å². The summed E-state index contributed by atoms with van der Waals surface area (Å²) in [5, 5.41) is 19.7. The van der Waals surface area contributed by atoms with Crippen molar-refractivity contribution in [3.63, 3.8) is 0 Å². The second-order valence-corrected chi connectivity index (χ2v) is 18.1. The van der Waals surface area contributed by atoms with Crippen LogP contribution in [0.3, 0.4) is 0 Å². The van der Waals surface area contributed by atoms with Crippen LogP contribution in [-0.4, -0.2) is 115 Å². The van der Waals surface area contributed by atoms with Crippen LogP contribution in [0.1, 0.15) is 57.4 Å². The number of halogens is 2. The lowest BCUT2D eigenvalue weighted by Crippen LogP contribution is -2.65. The summed E-state index contributed by atoms with van der Waals surface area (Å²) in [6.45, 7) is 6.11. The molecule has 4 aromatic rings. The van der Waals surface area contributed by atoms with E-state index in [1.807, 2.05) is 11.8 Å². The Kier molecular flexibility index (Phi) is 8.46. The van der Waals surface area contributed by atoms with Gasteiger partial charge in [0.25, 0.3) is 0 Å². The van der Waals surface area contributed by atoms with Crippen molar-refractivity contribution in [2.24, 2.45) is 10.8 Å². The van der Waals surface area contributed by atoms with Gasteiger partial charge in [-0.25, -0.2) is 9.37 Å². The van der Waals surface area contributed by atoms with Gasteiger partial charge in [0.15, 0.2) is 5.82 Å². The van der Waals surface area contributed by atoms with E-state index in [0.29, 0.717) is 70.1 Å². The van der Waals surface area contributed by atoms with Crippen LogP contribution in [0.15, 0.2) is 12.3 Å². The lowest BCUT2D eigenvalue weighted by Gasteiger charge is -2.60. The zero-order chi connectivity index (χ0) is 36.0. The lowest BCUT2D eigenvalue weighted by molar-refractivity contribution is -0.0719. The number of aromatic nitrogens is 5. The number of methoxy groups -OCH3 is 1. The SMILES string of the molecule is COc1nc(-c2c(C)c(Cl)cc3[nH]ncc23)c(F)c2nc(OCC34CCCC3N(C3CC5(C3)CS(=O)C5)CCC4)nc(N3CCOCC(C)(O)C3)c12. The van der Waals surface area contributed by atoms with Gasteiger partial charge in [0.2, 0.25) is 5.88 Å². The van der Waals surface area contributed by atoms with E-state index in [1.54, 1.807) is 19.2 Å². The third-order valence-corrected chi connectivity index (χ3v) is 14.7. The van der Waals surface area contributed by atoms with Gasteiger partial charge in [-0.15, -0.1) is 0 Å². The monoisotopic (exact) mass is 753 g/mol. The molecule has 3 atom stereocenters. The maximum absolute atomic E-state index is 17.2. The fraction of sp³-hybridized carbons (Fsp3) is 0.622. The molecule has 12 nitrogen and oxygen atoms in total. The van der Waals surface area contributed by atoms with Gasteiger partial charge in [0.1, 0.15) is 28.0 Å². The van der Waals surface area contributed by atoms with E-state index in [0.717, 1.165) is 63.0 Å². The molecule has 2 N–H and O–H groups in total. The summed E-state index contributed by atoms with van der Waals surface area (Å²) in [5.41, 5.74) is 0.872. The number of β-amino-alcohol motifs (C(OH)–C–C–N with tert-alkyl or cyclic N) is 1. The van der Waals surface area contributed by atoms with Crippen LogP contribution in [-0.2, 0) is 15.5 Å². The highest BCUT2D eigenvalue weighted by atomic mass is 35.5. The molecule has 52 heavy (non-hydrogen) atoms. The number of pyridine rings is 1. The van der Waals surface area contributed by atoms with Gasteiger partial charge in [-0.05, 0) is 76.0 Å². The number of nitrogens with zero attached hydrogens (tertiary/aromatic N) is 6. The van der Waals surface area contributed by atoms with Crippen molar-refractivity contribution in [3.8, 4) is 23.1 Å². The Morgan fingerprint density at radius 1 is 1.19 bits per heavy atom. The average molecular weight is 754 g/mol. The van der Waals surface area contributed by atoms with Crippen LogP contribution in [0, 0.1) is 23.6 Å². The fourth-order valence-electron chi connectivity index (χ4n) is 10.00. The summed E-state index contributed by atoms with van der Waals surface area (Å²) < 4.78 is 47.4. The number of H-pyrrole nitrogens is 1. The van der Waals surface area contributed by atoms with Crippen LogP contribution in [0.2, 0.25) is 5.02 Å². The van der Waals surface area contributed by atoms with E-state index in [1.165, 1.54) is 7.11 Å². The third kappa shape index (κ3) is 5.66. The number of nitrogens with one attached hydrogen (secondary N) is 1. The molecule has 1 aromatic carbocycles. The number of aliphatic hydroxyl groups is 1. The van der Waals surface area contributed by atoms with Crippen molar-refractivity contribution >= 4 is 50.0 Å². The number of fused-ring (bicyclic) bond motifs is 3. The first kappa shape index (κ1) is 34.6. The molecule has 0 bridgehead atoms. The van der Waals surface area contributed by atoms with Crippen molar-refractivity contribution in [1.29, 1.82) is 0 Å².